The van der Waals surface area contributed by atoms with Crippen molar-refractivity contribution in [3.63, 3.8) is 0 Å². The number of amides is 1. The Morgan fingerprint density at radius 1 is 1.12 bits per heavy atom. The molecule has 0 spiro atoms. The molecule has 0 aliphatic carbocycles. The molecule has 0 saturated carbocycles. The van der Waals surface area contributed by atoms with Crippen LogP contribution >= 0.6 is 11.6 Å². The first-order valence-electron chi connectivity index (χ1n) is 7.86. The van der Waals surface area contributed by atoms with Crippen LogP contribution in [0, 0.1) is 11.3 Å². The van der Waals surface area contributed by atoms with Crippen LogP contribution in [0.4, 0.5) is 5.82 Å². The normalized spacial score (nSPS) is 16.2. The summed E-state index contributed by atoms with van der Waals surface area (Å²) in [5, 5.41) is 17.3. The average molecular weight is 357 g/mol. The van der Waals surface area contributed by atoms with E-state index in [4.69, 9.17) is 22.6 Å². The lowest BCUT2D eigenvalue weighted by molar-refractivity contribution is -0.123. The van der Waals surface area contributed by atoms with Gasteiger partial charge in [-0.1, -0.05) is 23.7 Å². The van der Waals surface area contributed by atoms with Gasteiger partial charge in [0.15, 0.2) is 11.5 Å². The zero-order chi connectivity index (χ0) is 17.8. The third-order valence-corrected chi connectivity index (χ3v) is 4.48. The lowest BCUT2D eigenvalue weighted by Gasteiger charge is -2.38. The van der Waals surface area contributed by atoms with E-state index >= 15 is 0 Å². The minimum atomic E-state index is -0.480. The van der Waals surface area contributed by atoms with Gasteiger partial charge in [0.2, 0.25) is 5.91 Å². The molecule has 0 unspecified atom stereocenters. The summed E-state index contributed by atoms with van der Waals surface area (Å²) in [6.07, 6.45) is 0. The maximum atomic E-state index is 12.0. The number of nitrogens with zero attached hydrogens (tertiary/aromatic N) is 5. The predicted molar refractivity (Wildman–Crippen MR) is 93.9 cm³/mol. The summed E-state index contributed by atoms with van der Waals surface area (Å²) in [6.45, 7) is 2.71. The van der Waals surface area contributed by atoms with Gasteiger partial charge >= 0.3 is 0 Å². The summed E-state index contributed by atoms with van der Waals surface area (Å²) < 4.78 is 0. The van der Waals surface area contributed by atoms with Gasteiger partial charge in [-0.05, 0) is 29.8 Å². The second-order valence-electron chi connectivity index (χ2n) is 5.77. The Balaban J connectivity index is 1.70. The van der Waals surface area contributed by atoms with Crippen molar-refractivity contribution in [1.29, 1.82) is 5.26 Å². The van der Waals surface area contributed by atoms with E-state index in [-0.39, 0.29) is 5.91 Å². The summed E-state index contributed by atoms with van der Waals surface area (Å²) in [5.74, 6) is 0.342. The van der Waals surface area contributed by atoms with Gasteiger partial charge in [0, 0.05) is 31.2 Å². The van der Waals surface area contributed by atoms with Crippen molar-refractivity contribution < 1.29 is 4.79 Å². The summed E-state index contributed by atoms with van der Waals surface area (Å²) in [6, 6.07) is 12.1. The molecule has 1 amide bonds. The quantitative estimate of drug-likeness (QED) is 0.887. The second kappa shape index (κ2) is 7.47. The molecule has 1 aliphatic rings. The van der Waals surface area contributed by atoms with E-state index in [1.165, 1.54) is 0 Å². The maximum absolute atomic E-state index is 12.0. The van der Waals surface area contributed by atoms with Gasteiger partial charge in [0.1, 0.15) is 12.1 Å². The van der Waals surface area contributed by atoms with Crippen LogP contribution < -0.4 is 10.6 Å². The van der Waals surface area contributed by atoms with Gasteiger partial charge in [0.25, 0.3) is 0 Å². The summed E-state index contributed by atoms with van der Waals surface area (Å²) in [7, 11) is 0. The number of nitrogens with two attached hydrogens (primary N) is 1. The fraction of sp³-hybridized carbons (Fsp3) is 0.294. The lowest BCUT2D eigenvalue weighted by Crippen LogP contribution is -2.50. The van der Waals surface area contributed by atoms with E-state index in [9.17, 15) is 4.79 Å². The molecule has 1 fully saturated rings. The number of hydrogen-bond acceptors (Lipinski definition) is 6. The average Bonchev–Trinajstić information content (AvgIpc) is 2.64. The van der Waals surface area contributed by atoms with Crippen LogP contribution in [0.1, 0.15) is 17.3 Å². The van der Waals surface area contributed by atoms with Crippen LogP contribution in [-0.4, -0.2) is 47.2 Å². The Morgan fingerprint density at radius 3 is 2.32 bits per heavy atom. The summed E-state index contributed by atoms with van der Waals surface area (Å²) in [5.41, 5.74) is 6.76. The number of halogens is 1. The first kappa shape index (κ1) is 17.1. The minimum Gasteiger partial charge on any atom is -0.368 e. The highest BCUT2D eigenvalue weighted by atomic mass is 35.5. The molecule has 0 bridgehead atoms. The topological polar surface area (TPSA) is 99.1 Å². The first-order valence-corrected chi connectivity index (χ1v) is 8.24. The Kier molecular flexibility index (Phi) is 5.12. The molecule has 128 valence electrons. The van der Waals surface area contributed by atoms with E-state index < -0.39 is 6.04 Å². The fourth-order valence-corrected chi connectivity index (χ4v) is 3.09. The van der Waals surface area contributed by atoms with Crippen molar-refractivity contribution in [2.24, 2.45) is 5.73 Å². The van der Waals surface area contributed by atoms with Crippen LogP contribution in [0.15, 0.2) is 36.4 Å². The number of rotatable bonds is 4. The number of hydrogen-bond donors (Lipinski definition) is 1. The summed E-state index contributed by atoms with van der Waals surface area (Å²) in [4.78, 5) is 16.1. The summed E-state index contributed by atoms with van der Waals surface area (Å²) >= 11 is 5.92. The third-order valence-electron chi connectivity index (χ3n) is 4.22. The van der Waals surface area contributed by atoms with E-state index in [1.54, 1.807) is 24.3 Å². The largest absolute Gasteiger partial charge is 0.368 e. The highest BCUT2D eigenvalue weighted by Crippen LogP contribution is 2.24. The molecule has 1 aromatic heterocycles. The maximum Gasteiger partial charge on any atom is 0.239 e. The smallest absolute Gasteiger partial charge is 0.239 e. The van der Waals surface area contributed by atoms with Gasteiger partial charge in [-0.3, -0.25) is 9.69 Å². The van der Waals surface area contributed by atoms with Crippen molar-refractivity contribution in [3.05, 3.63) is 52.7 Å². The van der Waals surface area contributed by atoms with Gasteiger partial charge in [-0.15, -0.1) is 10.2 Å². The van der Waals surface area contributed by atoms with Crippen molar-refractivity contribution in [2.75, 3.05) is 31.1 Å². The van der Waals surface area contributed by atoms with Crippen molar-refractivity contribution in [1.82, 2.24) is 15.1 Å². The molecule has 3 rings (SSSR count). The minimum absolute atomic E-state index is 0.291. The van der Waals surface area contributed by atoms with E-state index in [0.29, 0.717) is 36.9 Å². The molecule has 2 N–H and O–H groups in total. The molecular formula is C17H17ClN6O. The van der Waals surface area contributed by atoms with Gasteiger partial charge in [0.05, 0.1) is 0 Å². The number of nitriles is 1. The number of anilines is 1. The van der Waals surface area contributed by atoms with Crippen molar-refractivity contribution >= 4 is 23.3 Å². The molecule has 1 saturated heterocycles. The first-order chi connectivity index (χ1) is 12.1. The monoisotopic (exact) mass is 356 g/mol. The van der Waals surface area contributed by atoms with Crippen LogP contribution in [-0.2, 0) is 4.79 Å². The van der Waals surface area contributed by atoms with Crippen molar-refractivity contribution in [2.45, 2.75) is 6.04 Å². The number of primary amides is 1. The van der Waals surface area contributed by atoms with E-state index in [2.05, 4.69) is 20.0 Å². The predicted octanol–water partition coefficient (Wildman–Crippen LogP) is 1.35. The second-order valence-corrected chi connectivity index (χ2v) is 6.20. The SMILES string of the molecule is N#Cc1ccc(N2CCN([C@@H](C(N)=O)c3ccc(Cl)cc3)CC2)nn1. The standard InChI is InChI=1S/C17H17ClN6O/c18-13-3-1-12(2-4-13)16(17(20)25)24-9-7-23(8-10-24)15-6-5-14(11-19)21-22-15/h1-6,16H,7-10H2,(H2,20,25)/t16-/m1/s1. The lowest BCUT2D eigenvalue weighted by atomic mass is 10.0. The fourth-order valence-electron chi connectivity index (χ4n) is 2.96. The highest BCUT2D eigenvalue weighted by molar-refractivity contribution is 6.30. The Bertz CT molecular complexity index is 778. The molecule has 1 atom stereocenters. The molecule has 0 radical (unpaired) electrons. The molecule has 1 aromatic carbocycles. The van der Waals surface area contributed by atoms with Crippen LogP contribution in [0.5, 0.6) is 0 Å². The number of carbonyl (C=O) groups excluding carboxylic acids is 1. The molecule has 8 heteroatoms. The molecule has 2 aromatic rings. The van der Waals surface area contributed by atoms with Crippen LogP contribution in [0.25, 0.3) is 0 Å². The number of carbonyl (C=O) groups is 1. The Morgan fingerprint density at radius 2 is 1.80 bits per heavy atom. The van der Waals surface area contributed by atoms with Crippen LogP contribution in [0.3, 0.4) is 0 Å². The third kappa shape index (κ3) is 3.87. The van der Waals surface area contributed by atoms with Gasteiger partial charge in [-0.2, -0.15) is 5.26 Å². The zero-order valence-corrected chi connectivity index (χ0v) is 14.2. The molecule has 7 nitrogen and oxygen atoms in total. The number of aromatic nitrogens is 2. The molecule has 2 heterocycles. The van der Waals surface area contributed by atoms with Gasteiger partial charge in [-0.25, -0.2) is 0 Å². The molecule has 25 heavy (non-hydrogen) atoms. The van der Waals surface area contributed by atoms with Gasteiger partial charge < -0.3 is 10.6 Å². The number of benzene rings is 1. The Labute approximate surface area is 150 Å². The molecule has 1 aliphatic heterocycles. The Hall–Kier alpha value is -2.69. The van der Waals surface area contributed by atoms with Crippen LogP contribution in [0.2, 0.25) is 5.02 Å². The molecular weight excluding hydrogens is 340 g/mol. The van der Waals surface area contributed by atoms with E-state index in [0.717, 1.165) is 11.4 Å². The zero-order valence-electron chi connectivity index (χ0n) is 13.5. The number of piperazine rings is 1. The van der Waals surface area contributed by atoms with Crippen molar-refractivity contribution in [3.8, 4) is 6.07 Å². The van der Waals surface area contributed by atoms with E-state index in [1.807, 2.05) is 18.2 Å². The highest BCUT2D eigenvalue weighted by Gasteiger charge is 2.29.